The second kappa shape index (κ2) is 9.93. The van der Waals surface area contributed by atoms with E-state index in [1.54, 1.807) is 41.9 Å². The van der Waals surface area contributed by atoms with E-state index in [4.69, 9.17) is 0 Å². The minimum atomic E-state index is -0.168. The van der Waals surface area contributed by atoms with Crippen molar-refractivity contribution in [2.24, 2.45) is 13.0 Å². The fourth-order valence-corrected chi connectivity index (χ4v) is 5.90. The number of anilines is 2. The molecule has 36 heavy (non-hydrogen) atoms. The third kappa shape index (κ3) is 4.69. The van der Waals surface area contributed by atoms with Crippen molar-refractivity contribution in [2.75, 3.05) is 23.4 Å². The molecule has 0 saturated heterocycles. The molecule has 2 heterocycles. The maximum Gasteiger partial charge on any atom is 0.252 e. The van der Waals surface area contributed by atoms with Crippen molar-refractivity contribution in [3.05, 3.63) is 63.8 Å². The van der Waals surface area contributed by atoms with Crippen LogP contribution in [0.3, 0.4) is 0 Å². The van der Waals surface area contributed by atoms with Crippen molar-refractivity contribution in [2.45, 2.75) is 64.0 Å². The van der Waals surface area contributed by atoms with Gasteiger partial charge in [0.15, 0.2) is 0 Å². The van der Waals surface area contributed by atoms with Gasteiger partial charge in [0.2, 0.25) is 0 Å². The van der Waals surface area contributed by atoms with E-state index in [9.17, 15) is 14.4 Å². The number of fused-ring (bicyclic) bond motifs is 1. The molecule has 0 atom stereocenters. The fourth-order valence-electron chi connectivity index (χ4n) is 5.90. The third-order valence-electron chi connectivity index (χ3n) is 8.26. The number of aryl methyl sites for hydroxylation is 2. The van der Waals surface area contributed by atoms with Crippen LogP contribution in [0.1, 0.15) is 56.2 Å². The van der Waals surface area contributed by atoms with Gasteiger partial charge in [0.1, 0.15) is 23.1 Å². The molecule has 2 aliphatic carbocycles. The van der Waals surface area contributed by atoms with E-state index in [0.717, 1.165) is 54.7 Å². The van der Waals surface area contributed by atoms with Gasteiger partial charge in [-0.25, -0.2) is 9.37 Å². The van der Waals surface area contributed by atoms with Gasteiger partial charge < -0.3 is 14.4 Å². The summed E-state index contributed by atoms with van der Waals surface area (Å²) in [7, 11) is 3.76. The van der Waals surface area contributed by atoms with E-state index in [0.29, 0.717) is 23.2 Å². The van der Waals surface area contributed by atoms with E-state index in [2.05, 4.69) is 26.9 Å². The number of benzene rings is 1. The quantitative estimate of drug-likeness (QED) is 0.472. The summed E-state index contributed by atoms with van der Waals surface area (Å²) in [5.41, 5.74) is 4.41. The first-order chi connectivity index (χ1) is 17.3. The highest BCUT2D eigenvalue weighted by molar-refractivity contribution is 5.88. The van der Waals surface area contributed by atoms with E-state index < -0.39 is 0 Å². The third-order valence-corrected chi connectivity index (χ3v) is 8.26. The van der Waals surface area contributed by atoms with Crippen LogP contribution >= 0.6 is 0 Å². The highest BCUT2D eigenvalue weighted by atomic mass is 19.1. The van der Waals surface area contributed by atoms with Gasteiger partial charge in [0.05, 0.1) is 11.2 Å². The van der Waals surface area contributed by atoms with Crippen molar-refractivity contribution in [3.8, 4) is 6.07 Å². The van der Waals surface area contributed by atoms with Gasteiger partial charge in [-0.1, -0.05) is 6.42 Å². The predicted octanol–water partition coefficient (Wildman–Crippen LogP) is 5.31. The zero-order valence-electron chi connectivity index (χ0n) is 21.4. The van der Waals surface area contributed by atoms with Crippen LogP contribution < -0.4 is 15.4 Å². The molecule has 188 valence electrons. The lowest BCUT2D eigenvalue weighted by atomic mass is 9.83. The molecule has 2 aliphatic rings. The van der Waals surface area contributed by atoms with E-state index in [1.807, 2.05) is 14.0 Å². The standard InChI is InChI=1S/C29H34FN5O/c1-19-13-21(30)15-25(14-19)35(18-20-5-4-6-20)24-10-8-23(9-11-24)33(2)27-16-28(36)34(3)26-12-7-22(17-31)32-29(26)27/h7,12-16,20,23-24H,4-6,8-11,18H2,1-3H3. The summed E-state index contributed by atoms with van der Waals surface area (Å²) < 4.78 is 15.9. The number of nitriles is 1. The molecule has 0 N–H and O–H groups in total. The molecule has 0 spiro atoms. The molecule has 0 bridgehead atoms. The normalized spacial score (nSPS) is 20.1. The molecule has 1 aromatic carbocycles. The maximum absolute atomic E-state index is 14.3. The van der Waals surface area contributed by atoms with E-state index in [1.165, 1.54) is 19.3 Å². The van der Waals surface area contributed by atoms with Crippen LogP contribution in [0.2, 0.25) is 0 Å². The Kier molecular flexibility index (Phi) is 6.70. The Balaban J connectivity index is 1.38. The maximum atomic E-state index is 14.3. The lowest BCUT2D eigenvalue weighted by Gasteiger charge is -2.44. The van der Waals surface area contributed by atoms with Crippen LogP contribution in [0.5, 0.6) is 0 Å². The monoisotopic (exact) mass is 487 g/mol. The SMILES string of the molecule is Cc1cc(F)cc(N(CC2CCC2)C2CCC(N(C)c3cc(=O)n(C)c4ccc(C#N)nc34)CC2)c1. The average molecular weight is 488 g/mol. The first kappa shape index (κ1) is 24.3. The largest absolute Gasteiger partial charge is 0.370 e. The lowest BCUT2D eigenvalue weighted by Crippen LogP contribution is -2.46. The molecule has 2 aromatic heterocycles. The Labute approximate surface area is 212 Å². The van der Waals surface area contributed by atoms with Gasteiger partial charge in [0, 0.05) is 44.5 Å². The van der Waals surface area contributed by atoms with Gasteiger partial charge >= 0.3 is 0 Å². The number of hydrogen-bond donors (Lipinski definition) is 0. The summed E-state index contributed by atoms with van der Waals surface area (Å²) in [6.45, 7) is 2.95. The molecule has 5 rings (SSSR count). The molecular formula is C29H34FN5O. The van der Waals surface area contributed by atoms with Crippen molar-refractivity contribution >= 4 is 22.4 Å². The fraction of sp³-hybridized carbons (Fsp3) is 0.483. The van der Waals surface area contributed by atoms with Crippen molar-refractivity contribution in [1.82, 2.24) is 9.55 Å². The van der Waals surface area contributed by atoms with Crippen LogP contribution in [0.15, 0.2) is 41.2 Å². The summed E-state index contributed by atoms with van der Waals surface area (Å²) in [5.74, 6) is 0.528. The van der Waals surface area contributed by atoms with Crippen LogP contribution in [0.4, 0.5) is 15.8 Å². The number of halogens is 1. The topological polar surface area (TPSA) is 65.2 Å². The summed E-state index contributed by atoms with van der Waals surface area (Å²) in [6, 6.07) is 13.3. The zero-order chi connectivity index (χ0) is 25.4. The lowest BCUT2D eigenvalue weighted by molar-refractivity contribution is 0.290. The number of pyridine rings is 2. The number of rotatable bonds is 6. The van der Waals surface area contributed by atoms with E-state index >= 15 is 0 Å². The minimum absolute atomic E-state index is 0.0855. The molecule has 6 nitrogen and oxygen atoms in total. The van der Waals surface area contributed by atoms with Gasteiger partial charge in [-0.15, -0.1) is 0 Å². The van der Waals surface area contributed by atoms with E-state index in [-0.39, 0.29) is 17.4 Å². The number of aromatic nitrogens is 2. The first-order valence-corrected chi connectivity index (χ1v) is 13.0. The van der Waals surface area contributed by atoms with Crippen molar-refractivity contribution in [1.29, 1.82) is 5.26 Å². The van der Waals surface area contributed by atoms with Gasteiger partial charge in [-0.2, -0.15) is 5.26 Å². The van der Waals surface area contributed by atoms with Crippen LogP contribution in [0, 0.1) is 30.0 Å². The first-order valence-electron chi connectivity index (χ1n) is 13.0. The summed E-state index contributed by atoms with van der Waals surface area (Å²) in [4.78, 5) is 21.9. The van der Waals surface area contributed by atoms with Crippen LogP contribution in [-0.2, 0) is 7.05 Å². The highest BCUT2D eigenvalue weighted by Crippen LogP contribution is 2.36. The van der Waals surface area contributed by atoms with Gasteiger partial charge in [-0.3, -0.25) is 4.79 Å². The smallest absolute Gasteiger partial charge is 0.252 e. The molecule has 0 aliphatic heterocycles. The number of nitrogens with zero attached hydrogens (tertiary/aromatic N) is 5. The Morgan fingerprint density at radius 1 is 1.08 bits per heavy atom. The van der Waals surface area contributed by atoms with Crippen LogP contribution in [-0.4, -0.2) is 35.2 Å². The minimum Gasteiger partial charge on any atom is -0.370 e. The molecular weight excluding hydrogens is 453 g/mol. The van der Waals surface area contributed by atoms with Gasteiger partial charge in [-0.05, 0) is 87.3 Å². The average Bonchev–Trinajstić information content (AvgIpc) is 2.84. The van der Waals surface area contributed by atoms with Crippen molar-refractivity contribution < 1.29 is 4.39 Å². The molecule has 0 radical (unpaired) electrons. The molecule has 0 unspecified atom stereocenters. The molecule has 0 amide bonds. The molecule has 2 saturated carbocycles. The Bertz CT molecular complexity index is 1340. The second-order valence-corrected chi connectivity index (χ2v) is 10.6. The molecule has 2 fully saturated rings. The predicted molar refractivity (Wildman–Crippen MR) is 142 cm³/mol. The summed E-state index contributed by atoms with van der Waals surface area (Å²) in [6.07, 6.45) is 7.79. The van der Waals surface area contributed by atoms with Crippen LogP contribution in [0.25, 0.3) is 11.0 Å². The Morgan fingerprint density at radius 2 is 1.81 bits per heavy atom. The summed E-state index contributed by atoms with van der Waals surface area (Å²) in [5, 5.41) is 9.37. The second-order valence-electron chi connectivity index (χ2n) is 10.6. The molecule has 7 heteroatoms. The number of hydrogen-bond acceptors (Lipinski definition) is 5. The van der Waals surface area contributed by atoms with Crippen molar-refractivity contribution in [3.63, 3.8) is 0 Å². The Hall–Kier alpha value is -3.40. The molecule has 3 aromatic rings. The highest BCUT2D eigenvalue weighted by Gasteiger charge is 2.32. The zero-order valence-corrected chi connectivity index (χ0v) is 21.4. The summed E-state index contributed by atoms with van der Waals surface area (Å²) >= 11 is 0. The Morgan fingerprint density at radius 3 is 2.44 bits per heavy atom. The van der Waals surface area contributed by atoms with Gasteiger partial charge in [0.25, 0.3) is 5.56 Å².